The van der Waals surface area contributed by atoms with E-state index in [4.69, 9.17) is 0 Å². The maximum atomic E-state index is 11.7. The van der Waals surface area contributed by atoms with Gasteiger partial charge < -0.3 is 15.6 Å². The lowest BCUT2D eigenvalue weighted by Gasteiger charge is -2.14. The van der Waals surface area contributed by atoms with Crippen LogP contribution in [-0.4, -0.2) is 28.5 Å². The van der Waals surface area contributed by atoms with E-state index >= 15 is 0 Å². The Morgan fingerprint density at radius 1 is 1.65 bits per heavy atom. The van der Waals surface area contributed by atoms with Crippen LogP contribution in [0.2, 0.25) is 0 Å². The van der Waals surface area contributed by atoms with Crippen LogP contribution in [0.5, 0.6) is 0 Å². The van der Waals surface area contributed by atoms with E-state index in [2.05, 4.69) is 20.6 Å². The molecule has 1 atom stereocenters. The molecule has 94 valence electrons. The average Bonchev–Trinajstić information content (AvgIpc) is 2.98. The Labute approximate surface area is 101 Å². The van der Waals surface area contributed by atoms with Crippen molar-refractivity contribution in [3.8, 4) is 0 Å². The van der Waals surface area contributed by atoms with Crippen LogP contribution in [0.3, 0.4) is 0 Å². The van der Waals surface area contributed by atoms with Crippen molar-refractivity contribution in [2.75, 3.05) is 6.54 Å². The first kappa shape index (κ1) is 12.1. The van der Waals surface area contributed by atoms with E-state index in [1.807, 2.05) is 6.92 Å². The van der Waals surface area contributed by atoms with Gasteiger partial charge in [-0.1, -0.05) is 6.92 Å². The van der Waals surface area contributed by atoms with Crippen LogP contribution in [0.4, 0.5) is 0 Å². The predicted octanol–water partition coefficient (Wildman–Crippen LogP) is 1.12. The van der Waals surface area contributed by atoms with Gasteiger partial charge in [-0.05, 0) is 19.3 Å². The number of amides is 1. The standard InChI is InChI=1S/C12H20N4O/c1-2-10(12-14-7-8-15-12)16-11(17)5-6-13-9-3-4-9/h7-10,13H,2-6H2,1H3,(H,14,15)(H,16,17). The lowest BCUT2D eigenvalue weighted by Crippen LogP contribution is -2.31. The second kappa shape index (κ2) is 5.82. The molecule has 1 fully saturated rings. The summed E-state index contributed by atoms with van der Waals surface area (Å²) in [6.07, 6.45) is 7.37. The van der Waals surface area contributed by atoms with E-state index in [1.54, 1.807) is 12.4 Å². The topological polar surface area (TPSA) is 69.8 Å². The quantitative estimate of drug-likeness (QED) is 0.664. The summed E-state index contributed by atoms with van der Waals surface area (Å²) in [4.78, 5) is 18.9. The fraction of sp³-hybridized carbons (Fsp3) is 0.667. The molecule has 5 heteroatoms. The molecule has 1 aromatic heterocycles. The van der Waals surface area contributed by atoms with Crippen molar-refractivity contribution in [3.05, 3.63) is 18.2 Å². The average molecular weight is 236 g/mol. The van der Waals surface area contributed by atoms with Crippen molar-refractivity contribution in [2.24, 2.45) is 0 Å². The molecule has 0 aliphatic heterocycles. The van der Waals surface area contributed by atoms with E-state index in [1.165, 1.54) is 12.8 Å². The zero-order valence-electron chi connectivity index (χ0n) is 10.2. The molecular formula is C12H20N4O. The molecule has 1 saturated carbocycles. The third-order valence-electron chi connectivity index (χ3n) is 2.96. The number of aromatic nitrogens is 2. The molecule has 1 aliphatic carbocycles. The van der Waals surface area contributed by atoms with Crippen molar-refractivity contribution < 1.29 is 4.79 Å². The number of carbonyl (C=O) groups is 1. The smallest absolute Gasteiger partial charge is 0.221 e. The van der Waals surface area contributed by atoms with Crippen LogP contribution in [0.15, 0.2) is 12.4 Å². The molecule has 1 amide bonds. The monoisotopic (exact) mass is 236 g/mol. The minimum absolute atomic E-state index is 0.00146. The van der Waals surface area contributed by atoms with E-state index < -0.39 is 0 Å². The number of hydrogen-bond acceptors (Lipinski definition) is 3. The predicted molar refractivity (Wildman–Crippen MR) is 65.4 cm³/mol. The second-order valence-corrected chi connectivity index (χ2v) is 4.48. The van der Waals surface area contributed by atoms with Gasteiger partial charge in [-0.15, -0.1) is 0 Å². The first-order chi connectivity index (χ1) is 8.29. The third-order valence-corrected chi connectivity index (χ3v) is 2.96. The van der Waals surface area contributed by atoms with Crippen molar-refractivity contribution >= 4 is 5.91 Å². The number of hydrogen-bond donors (Lipinski definition) is 3. The highest BCUT2D eigenvalue weighted by Gasteiger charge is 2.20. The molecule has 2 rings (SSSR count). The van der Waals surface area contributed by atoms with Crippen molar-refractivity contribution in [3.63, 3.8) is 0 Å². The van der Waals surface area contributed by atoms with Gasteiger partial charge in [0.2, 0.25) is 5.91 Å². The summed E-state index contributed by atoms with van der Waals surface area (Å²) in [6, 6.07) is 0.660. The summed E-state index contributed by atoms with van der Waals surface area (Å²) in [5, 5.41) is 6.32. The SMILES string of the molecule is CCC(NC(=O)CCNC1CC1)c1ncc[nH]1. The van der Waals surface area contributed by atoms with Crippen molar-refractivity contribution in [2.45, 2.75) is 44.7 Å². The van der Waals surface area contributed by atoms with Gasteiger partial charge in [0, 0.05) is 31.4 Å². The third kappa shape index (κ3) is 3.85. The molecule has 0 bridgehead atoms. The van der Waals surface area contributed by atoms with E-state index in [-0.39, 0.29) is 11.9 Å². The molecular weight excluding hydrogens is 216 g/mol. The Balaban J connectivity index is 1.71. The minimum Gasteiger partial charge on any atom is -0.347 e. The number of aromatic amines is 1. The number of rotatable bonds is 7. The molecule has 0 aromatic carbocycles. The summed E-state index contributed by atoms with van der Waals surface area (Å²) in [5.41, 5.74) is 0. The van der Waals surface area contributed by atoms with Gasteiger partial charge >= 0.3 is 0 Å². The zero-order valence-corrected chi connectivity index (χ0v) is 10.2. The van der Waals surface area contributed by atoms with Gasteiger partial charge in [-0.25, -0.2) is 4.98 Å². The number of H-pyrrole nitrogens is 1. The largest absolute Gasteiger partial charge is 0.347 e. The van der Waals surface area contributed by atoms with E-state index in [9.17, 15) is 4.79 Å². The molecule has 3 N–H and O–H groups in total. The Morgan fingerprint density at radius 2 is 2.47 bits per heavy atom. The van der Waals surface area contributed by atoms with Crippen LogP contribution in [0.25, 0.3) is 0 Å². The summed E-state index contributed by atoms with van der Waals surface area (Å²) in [6.45, 7) is 2.81. The summed E-state index contributed by atoms with van der Waals surface area (Å²) in [7, 11) is 0. The van der Waals surface area contributed by atoms with Crippen LogP contribution in [0.1, 0.15) is 44.5 Å². The number of nitrogens with zero attached hydrogens (tertiary/aromatic N) is 1. The van der Waals surface area contributed by atoms with E-state index in [0.29, 0.717) is 12.5 Å². The van der Waals surface area contributed by atoms with Gasteiger partial charge in [0.15, 0.2) is 0 Å². The molecule has 0 saturated heterocycles. The van der Waals surface area contributed by atoms with Gasteiger partial charge in [-0.3, -0.25) is 4.79 Å². The molecule has 1 aliphatic rings. The highest BCUT2D eigenvalue weighted by molar-refractivity contribution is 5.76. The Bertz CT molecular complexity index is 345. The lowest BCUT2D eigenvalue weighted by atomic mass is 10.2. The first-order valence-corrected chi connectivity index (χ1v) is 6.31. The Kier molecular flexibility index (Phi) is 4.14. The summed E-state index contributed by atoms with van der Waals surface area (Å²) >= 11 is 0. The van der Waals surface area contributed by atoms with Gasteiger partial charge in [-0.2, -0.15) is 0 Å². The van der Waals surface area contributed by atoms with Crippen LogP contribution < -0.4 is 10.6 Å². The maximum absolute atomic E-state index is 11.7. The van der Waals surface area contributed by atoms with Crippen molar-refractivity contribution in [1.29, 1.82) is 0 Å². The van der Waals surface area contributed by atoms with E-state index in [0.717, 1.165) is 18.8 Å². The van der Waals surface area contributed by atoms with Crippen LogP contribution >= 0.6 is 0 Å². The summed E-state index contributed by atoms with van der Waals surface area (Å²) < 4.78 is 0. The van der Waals surface area contributed by atoms with Crippen LogP contribution in [-0.2, 0) is 4.79 Å². The molecule has 1 aromatic rings. The summed E-state index contributed by atoms with van der Waals surface area (Å²) in [5.74, 6) is 0.914. The minimum atomic E-state index is -0.00146. The zero-order chi connectivity index (χ0) is 12.1. The second-order valence-electron chi connectivity index (χ2n) is 4.48. The van der Waals surface area contributed by atoms with Gasteiger partial charge in [0.05, 0.1) is 6.04 Å². The fourth-order valence-electron chi connectivity index (χ4n) is 1.78. The number of imidazole rings is 1. The molecule has 0 radical (unpaired) electrons. The molecule has 1 heterocycles. The number of carbonyl (C=O) groups excluding carboxylic acids is 1. The highest BCUT2D eigenvalue weighted by Crippen LogP contribution is 2.18. The molecule has 5 nitrogen and oxygen atoms in total. The normalized spacial score (nSPS) is 16.8. The van der Waals surface area contributed by atoms with Gasteiger partial charge in [0.25, 0.3) is 0 Å². The lowest BCUT2D eigenvalue weighted by molar-refractivity contribution is -0.121. The molecule has 0 spiro atoms. The van der Waals surface area contributed by atoms with Crippen LogP contribution in [0, 0.1) is 0 Å². The Morgan fingerprint density at radius 3 is 3.06 bits per heavy atom. The van der Waals surface area contributed by atoms with Crippen molar-refractivity contribution in [1.82, 2.24) is 20.6 Å². The first-order valence-electron chi connectivity index (χ1n) is 6.31. The maximum Gasteiger partial charge on any atom is 0.221 e. The fourth-order valence-corrected chi connectivity index (χ4v) is 1.78. The highest BCUT2D eigenvalue weighted by atomic mass is 16.1. The molecule has 17 heavy (non-hydrogen) atoms. The number of nitrogens with one attached hydrogen (secondary N) is 3. The Hall–Kier alpha value is -1.36. The van der Waals surface area contributed by atoms with Gasteiger partial charge in [0.1, 0.15) is 5.82 Å². The molecule has 1 unspecified atom stereocenters.